The predicted molar refractivity (Wildman–Crippen MR) is 88.9 cm³/mol. The maximum atomic E-state index is 4.49. The first-order valence-electron chi connectivity index (χ1n) is 7.94. The van der Waals surface area contributed by atoms with Crippen molar-refractivity contribution >= 4 is 11.6 Å². The van der Waals surface area contributed by atoms with Crippen LogP contribution in [-0.2, 0) is 6.54 Å². The SMILES string of the molecule is Cc1cccc(CNc2cc(N3CCCC(C)C3)ncn2)n1. The summed E-state index contributed by atoms with van der Waals surface area (Å²) in [5.74, 6) is 2.60. The number of hydrogen-bond donors (Lipinski definition) is 1. The van der Waals surface area contributed by atoms with Crippen LogP contribution in [0.25, 0.3) is 0 Å². The molecule has 0 spiro atoms. The summed E-state index contributed by atoms with van der Waals surface area (Å²) in [6.45, 7) is 7.14. The Bertz CT molecular complexity index is 628. The molecular formula is C17H23N5. The highest BCUT2D eigenvalue weighted by atomic mass is 15.2. The first kappa shape index (κ1) is 14.8. The van der Waals surface area contributed by atoms with Gasteiger partial charge in [0, 0.05) is 24.8 Å². The van der Waals surface area contributed by atoms with E-state index < -0.39 is 0 Å². The zero-order chi connectivity index (χ0) is 15.4. The lowest BCUT2D eigenvalue weighted by molar-refractivity contribution is 0.444. The van der Waals surface area contributed by atoms with E-state index in [9.17, 15) is 0 Å². The van der Waals surface area contributed by atoms with Gasteiger partial charge in [-0.3, -0.25) is 4.98 Å². The number of piperidine rings is 1. The van der Waals surface area contributed by atoms with Crippen LogP contribution in [-0.4, -0.2) is 28.0 Å². The summed E-state index contributed by atoms with van der Waals surface area (Å²) in [6.07, 6.45) is 4.19. The van der Waals surface area contributed by atoms with Crippen molar-refractivity contribution in [2.75, 3.05) is 23.3 Å². The number of rotatable bonds is 4. The lowest BCUT2D eigenvalue weighted by Gasteiger charge is -2.31. The van der Waals surface area contributed by atoms with Gasteiger partial charge in [-0.1, -0.05) is 13.0 Å². The molecule has 1 fully saturated rings. The fourth-order valence-electron chi connectivity index (χ4n) is 2.89. The van der Waals surface area contributed by atoms with Gasteiger partial charge >= 0.3 is 0 Å². The number of anilines is 2. The van der Waals surface area contributed by atoms with Gasteiger partial charge < -0.3 is 10.2 Å². The molecule has 0 radical (unpaired) electrons. The monoisotopic (exact) mass is 297 g/mol. The summed E-state index contributed by atoms with van der Waals surface area (Å²) < 4.78 is 0. The normalized spacial score (nSPS) is 18.3. The van der Waals surface area contributed by atoms with Gasteiger partial charge in [0.25, 0.3) is 0 Å². The van der Waals surface area contributed by atoms with Crippen molar-refractivity contribution < 1.29 is 0 Å². The van der Waals surface area contributed by atoms with Gasteiger partial charge in [0.05, 0.1) is 12.2 Å². The van der Waals surface area contributed by atoms with Crippen molar-refractivity contribution in [2.24, 2.45) is 5.92 Å². The van der Waals surface area contributed by atoms with Gasteiger partial charge in [0.2, 0.25) is 0 Å². The van der Waals surface area contributed by atoms with E-state index in [0.717, 1.165) is 42.0 Å². The number of aromatic nitrogens is 3. The molecule has 0 bridgehead atoms. The molecule has 0 amide bonds. The minimum atomic E-state index is 0.675. The largest absolute Gasteiger partial charge is 0.364 e. The van der Waals surface area contributed by atoms with E-state index in [-0.39, 0.29) is 0 Å². The zero-order valence-electron chi connectivity index (χ0n) is 13.3. The molecule has 1 aliphatic rings. The van der Waals surface area contributed by atoms with E-state index in [4.69, 9.17) is 0 Å². The third-order valence-corrected chi connectivity index (χ3v) is 4.03. The standard InChI is InChI=1S/C17H23N5/c1-13-5-4-8-22(11-13)17-9-16(19-12-20-17)18-10-15-7-3-6-14(2)21-15/h3,6-7,9,12-13H,4-5,8,10-11H2,1-2H3,(H,18,19,20). The average Bonchev–Trinajstić information content (AvgIpc) is 2.53. The molecule has 1 unspecified atom stereocenters. The van der Waals surface area contributed by atoms with E-state index >= 15 is 0 Å². The van der Waals surface area contributed by atoms with Crippen LogP contribution in [0.15, 0.2) is 30.6 Å². The third-order valence-electron chi connectivity index (χ3n) is 4.03. The molecule has 1 saturated heterocycles. The fraction of sp³-hybridized carbons (Fsp3) is 0.471. The van der Waals surface area contributed by atoms with Crippen LogP contribution < -0.4 is 10.2 Å². The molecule has 116 valence electrons. The first-order valence-corrected chi connectivity index (χ1v) is 7.94. The molecule has 1 atom stereocenters. The Morgan fingerprint density at radius 2 is 2.23 bits per heavy atom. The molecule has 3 heterocycles. The van der Waals surface area contributed by atoms with Crippen molar-refractivity contribution in [3.8, 4) is 0 Å². The maximum absolute atomic E-state index is 4.49. The lowest BCUT2D eigenvalue weighted by atomic mass is 10.0. The number of aryl methyl sites for hydroxylation is 1. The molecule has 5 heteroatoms. The Morgan fingerprint density at radius 1 is 1.32 bits per heavy atom. The van der Waals surface area contributed by atoms with Crippen LogP contribution in [0, 0.1) is 12.8 Å². The van der Waals surface area contributed by atoms with Crippen LogP contribution in [0.3, 0.4) is 0 Å². The topological polar surface area (TPSA) is 53.9 Å². The fourth-order valence-corrected chi connectivity index (χ4v) is 2.89. The summed E-state index contributed by atoms with van der Waals surface area (Å²) in [5, 5.41) is 3.34. The number of pyridine rings is 1. The molecule has 2 aromatic heterocycles. The molecule has 22 heavy (non-hydrogen) atoms. The molecule has 5 nitrogen and oxygen atoms in total. The van der Waals surface area contributed by atoms with Crippen LogP contribution in [0.4, 0.5) is 11.6 Å². The number of nitrogens with one attached hydrogen (secondary N) is 1. The molecular weight excluding hydrogens is 274 g/mol. The van der Waals surface area contributed by atoms with Crippen molar-refractivity contribution in [1.82, 2.24) is 15.0 Å². The highest BCUT2D eigenvalue weighted by Gasteiger charge is 2.17. The minimum absolute atomic E-state index is 0.675. The van der Waals surface area contributed by atoms with Gasteiger partial charge in [-0.2, -0.15) is 0 Å². The van der Waals surface area contributed by atoms with E-state index in [0.29, 0.717) is 6.54 Å². The Balaban J connectivity index is 1.66. The predicted octanol–water partition coefficient (Wildman–Crippen LogP) is 3.03. The molecule has 2 aromatic rings. The molecule has 0 saturated carbocycles. The van der Waals surface area contributed by atoms with Gasteiger partial charge in [-0.25, -0.2) is 9.97 Å². The summed E-state index contributed by atoms with van der Waals surface area (Å²) in [6, 6.07) is 8.09. The van der Waals surface area contributed by atoms with E-state index in [1.165, 1.54) is 12.8 Å². The van der Waals surface area contributed by atoms with Crippen molar-refractivity contribution in [2.45, 2.75) is 33.2 Å². The van der Waals surface area contributed by atoms with Gasteiger partial charge in [-0.15, -0.1) is 0 Å². The Hall–Kier alpha value is -2.17. The summed E-state index contributed by atoms with van der Waals surface area (Å²) in [7, 11) is 0. The Morgan fingerprint density at radius 3 is 3.05 bits per heavy atom. The van der Waals surface area contributed by atoms with E-state index in [2.05, 4.69) is 32.1 Å². The summed E-state index contributed by atoms with van der Waals surface area (Å²) in [4.78, 5) is 15.6. The van der Waals surface area contributed by atoms with E-state index in [1.54, 1.807) is 6.33 Å². The summed E-state index contributed by atoms with van der Waals surface area (Å²) in [5.41, 5.74) is 2.05. The van der Waals surface area contributed by atoms with Gasteiger partial charge in [-0.05, 0) is 37.8 Å². The van der Waals surface area contributed by atoms with Crippen molar-refractivity contribution in [3.05, 3.63) is 42.0 Å². The van der Waals surface area contributed by atoms with Crippen LogP contribution >= 0.6 is 0 Å². The van der Waals surface area contributed by atoms with Crippen molar-refractivity contribution in [1.29, 1.82) is 0 Å². The number of nitrogens with zero attached hydrogens (tertiary/aromatic N) is 4. The van der Waals surface area contributed by atoms with Crippen LogP contribution in [0.5, 0.6) is 0 Å². The Labute approximate surface area is 131 Å². The zero-order valence-corrected chi connectivity index (χ0v) is 13.3. The highest BCUT2D eigenvalue weighted by Crippen LogP contribution is 2.22. The minimum Gasteiger partial charge on any atom is -0.364 e. The number of hydrogen-bond acceptors (Lipinski definition) is 5. The second-order valence-electron chi connectivity index (χ2n) is 6.08. The molecule has 1 aliphatic heterocycles. The second-order valence-corrected chi connectivity index (χ2v) is 6.08. The van der Waals surface area contributed by atoms with Crippen LogP contribution in [0.2, 0.25) is 0 Å². The smallest absolute Gasteiger partial charge is 0.134 e. The second kappa shape index (κ2) is 6.73. The van der Waals surface area contributed by atoms with Gasteiger partial charge in [0.1, 0.15) is 18.0 Å². The highest BCUT2D eigenvalue weighted by molar-refractivity contribution is 5.48. The quantitative estimate of drug-likeness (QED) is 0.940. The third kappa shape index (κ3) is 3.72. The van der Waals surface area contributed by atoms with Crippen LogP contribution in [0.1, 0.15) is 31.2 Å². The average molecular weight is 297 g/mol. The first-order chi connectivity index (χ1) is 10.7. The molecule has 3 rings (SSSR count). The molecule has 0 aromatic carbocycles. The molecule has 0 aliphatic carbocycles. The maximum Gasteiger partial charge on any atom is 0.134 e. The van der Waals surface area contributed by atoms with Crippen molar-refractivity contribution in [3.63, 3.8) is 0 Å². The van der Waals surface area contributed by atoms with Gasteiger partial charge in [0.15, 0.2) is 0 Å². The summed E-state index contributed by atoms with van der Waals surface area (Å²) >= 11 is 0. The van der Waals surface area contributed by atoms with E-state index in [1.807, 2.05) is 31.2 Å². The Kier molecular flexibility index (Phi) is 4.51. The lowest BCUT2D eigenvalue weighted by Crippen LogP contribution is -2.34. The molecule has 1 N–H and O–H groups in total.